The molecule has 146 valence electrons. The molecule has 0 fully saturated rings. The van der Waals surface area contributed by atoms with Crippen molar-refractivity contribution in [2.24, 2.45) is 0 Å². The normalized spacial score (nSPS) is 16.1. The number of urea groups is 1. The summed E-state index contributed by atoms with van der Waals surface area (Å²) in [6.07, 6.45) is 0. The monoisotopic (exact) mass is 381 g/mol. The number of hydrogen-bond donors (Lipinski definition) is 3. The predicted octanol–water partition coefficient (Wildman–Crippen LogP) is 3.28. The zero-order valence-electron chi connectivity index (χ0n) is 16.3. The van der Waals surface area contributed by atoms with E-state index in [0.717, 1.165) is 11.1 Å². The van der Waals surface area contributed by atoms with Crippen LogP contribution in [-0.2, 0) is 4.79 Å². The Hall–Kier alpha value is -3.48. The first-order chi connectivity index (χ1) is 13.4. The van der Waals surface area contributed by atoms with Crippen molar-refractivity contribution in [2.75, 3.05) is 19.5 Å². The van der Waals surface area contributed by atoms with Crippen molar-refractivity contribution in [3.8, 4) is 11.5 Å². The van der Waals surface area contributed by atoms with E-state index < -0.39 is 6.04 Å². The van der Waals surface area contributed by atoms with Crippen LogP contribution in [0.5, 0.6) is 11.5 Å². The highest BCUT2D eigenvalue weighted by molar-refractivity contribution is 6.07. The molecular weight excluding hydrogens is 358 g/mol. The third-order valence-corrected chi connectivity index (χ3v) is 4.67. The van der Waals surface area contributed by atoms with E-state index in [9.17, 15) is 9.59 Å². The second-order valence-electron chi connectivity index (χ2n) is 6.45. The van der Waals surface area contributed by atoms with Crippen LogP contribution in [0.4, 0.5) is 10.5 Å². The van der Waals surface area contributed by atoms with Gasteiger partial charge in [0.15, 0.2) is 0 Å². The fraction of sp³-hybridized carbons (Fsp3) is 0.238. The number of nitrogens with one attached hydrogen (secondary N) is 3. The number of anilines is 1. The number of benzene rings is 2. The number of carbonyl (C=O) groups excluding carboxylic acids is 2. The Morgan fingerprint density at radius 3 is 2.50 bits per heavy atom. The highest BCUT2D eigenvalue weighted by Crippen LogP contribution is 2.33. The molecule has 0 spiro atoms. The van der Waals surface area contributed by atoms with Crippen molar-refractivity contribution in [2.45, 2.75) is 19.9 Å². The molecular formula is C21H23N3O4. The van der Waals surface area contributed by atoms with Crippen LogP contribution in [0.25, 0.3) is 0 Å². The van der Waals surface area contributed by atoms with Crippen LogP contribution in [0.1, 0.15) is 24.1 Å². The molecule has 0 radical (unpaired) electrons. The van der Waals surface area contributed by atoms with Gasteiger partial charge in [-0.2, -0.15) is 0 Å². The quantitative estimate of drug-likeness (QED) is 0.742. The second kappa shape index (κ2) is 8.04. The van der Waals surface area contributed by atoms with Crippen molar-refractivity contribution < 1.29 is 19.1 Å². The van der Waals surface area contributed by atoms with Crippen LogP contribution in [0.15, 0.2) is 53.7 Å². The molecule has 0 saturated heterocycles. The van der Waals surface area contributed by atoms with Crippen molar-refractivity contribution in [1.82, 2.24) is 10.6 Å². The van der Waals surface area contributed by atoms with E-state index in [0.29, 0.717) is 28.5 Å². The minimum absolute atomic E-state index is 0.332. The predicted molar refractivity (Wildman–Crippen MR) is 106 cm³/mol. The smallest absolute Gasteiger partial charge is 0.319 e. The lowest BCUT2D eigenvalue weighted by atomic mass is 9.92. The van der Waals surface area contributed by atoms with Gasteiger partial charge in [-0.25, -0.2) is 4.79 Å². The lowest BCUT2D eigenvalue weighted by Gasteiger charge is -2.29. The summed E-state index contributed by atoms with van der Waals surface area (Å²) in [6, 6.07) is 11.9. The summed E-state index contributed by atoms with van der Waals surface area (Å²) in [5.74, 6) is 0.766. The first-order valence-corrected chi connectivity index (χ1v) is 8.81. The highest BCUT2D eigenvalue weighted by Gasteiger charge is 2.32. The Bertz CT molecular complexity index is 952. The molecule has 3 N–H and O–H groups in total. The van der Waals surface area contributed by atoms with Crippen LogP contribution in [-0.4, -0.2) is 26.2 Å². The molecule has 3 rings (SSSR count). The Balaban J connectivity index is 1.97. The third kappa shape index (κ3) is 3.78. The van der Waals surface area contributed by atoms with Crippen LogP contribution < -0.4 is 25.4 Å². The average molecular weight is 381 g/mol. The van der Waals surface area contributed by atoms with Gasteiger partial charge in [0, 0.05) is 11.8 Å². The largest absolute Gasteiger partial charge is 0.497 e. The van der Waals surface area contributed by atoms with Gasteiger partial charge < -0.3 is 25.4 Å². The topological polar surface area (TPSA) is 88.7 Å². The molecule has 0 aromatic heterocycles. The molecule has 3 amide bonds. The molecule has 2 aromatic rings. The summed E-state index contributed by atoms with van der Waals surface area (Å²) in [5, 5.41) is 8.41. The molecule has 1 aliphatic heterocycles. The van der Waals surface area contributed by atoms with Gasteiger partial charge in [-0.05, 0) is 37.1 Å². The summed E-state index contributed by atoms with van der Waals surface area (Å²) < 4.78 is 10.5. The van der Waals surface area contributed by atoms with Crippen LogP contribution >= 0.6 is 0 Å². The number of carbonyl (C=O) groups is 2. The van der Waals surface area contributed by atoms with Gasteiger partial charge in [-0.1, -0.05) is 24.3 Å². The summed E-state index contributed by atoms with van der Waals surface area (Å²) in [5.41, 5.74) is 3.29. The van der Waals surface area contributed by atoms with E-state index in [1.54, 1.807) is 32.2 Å². The molecule has 1 aliphatic rings. The number of ether oxygens (including phenoxy) is 2. The number of hydrogen-bond acceptors (Lipinski definition) is 4. The Kier molecular flexibility index (Phi) is 5.54. The molecule has 28 heavy (non-hydrogen) atoms. The number of allylic oxidation sites excluding steroid dienone is 1. The molecule has 1 heterocycles. The van der Waals surface area contributed by atoms with Crippen molar-refractivity contribution in [1.29, 1.82) is 0 Å². The standard InChI is InChI=1S/C21H23N3O4/c1-12-7-5-6-8-15(12)19-18(13(2)22-21(26)24-19)20(25)23-16-10-9-14(27-3)11-17(16)28-4/h5-11,19H,1-4H3,(H,23,25)(H2,22,24,26). The minimum atomic E-state index is -0.556. The van der Waals surface area contributed by atoms with E-state index >= 15 is 0 Å². The van der Waals surface area contributed by atoms with Crippen molar-refractivity contribution in [3.05, 3.63) is 64.9 Å². The fourth-order valence-electron chi connectivity index (χ4n) is 3.23. The number of amides is 3. The van der Waals surface area contributed by atoms with Crippen molar-refractivity contribution in [3.63, 3.8) is 0 Å². The van der Waals surface area contributed by atoms with E-state index in [4.69, 9.17) is 9.47 Å². The Morgan fingerprint density at radius 2 is 1.82 bits per heavy atom. The summed E-state index contributed by atoms with van der Waals surface area (Å²) in [6.45, 7) is 3.66. The lowest BCUT2D eigenvalue weighted by molar-refractivity contribution is -0.113. The van der Waals surface area contributed by atoms with Gasteiger partial charge in [-0.3, -0.25) is 4.79 Å². The molecule has 1 atom stereocenters. The fourth-order valence-corrected chi connectivity index (χ4v) is 3.23. The van der Waals surface area contributed by atoms with E-state index in [1.165, 1.54) is 7.11 Å². The zero-order valence-corrected chi connectivity index (χ0v) is 16.3. The van der Waals surface area contributed by atoms with Crippen LogP contribution in [0, 0.1) is 6.92 Å². The molecule has 2 aromatic carbocycles. The SMILES string of the molecule is COc1ccc(NC(=O)C2=C(C)NC(=O)NC2c2ccccc2C)c(OC)c1. The second-order valence-corrected chi connectivity index (χ2v) is 6.45. The summed E-state index contributed by atoms with van der Waals surface area (Å²) >= 11 is 0. The van der Waals surface area contributed by atoms with Gasteiger partial charge in [0.2, 0.25) is 0 Å². The van der Waals surface area contributed by atoms with Gasteiger partial charge in [-0.15, -0.1) is 0 Å². The van der Waals surface area contributed by atoms with Gasteiger partial charge in [0.1, 0.15) is 11.5 Å². The highest BCUT2D eigenvalue weighted by atomic mass is 16.5. The molecule has 7 nitrogen and oxygen atoms in total. The summed E-state index contributed by atoms with van der Waals surface area (Å²) in [7, 11) is 3.08. The van der Waals surface area contributed by atoms with E-state index in [1.807, 2.05) is 31.2 Å². The molecule has 0 bridgehead atoms. The third-order valence-electron chi connectivity index (χ3n) is 4.67. The Morgan fingerprint density at radius 1 is 1.07 bits per heavy atom. The van der Waals surface area contributed by atoms with Gasteiger partial charge in [0.05, 0.1) is 31.5 Å². The number of rotatable bonds is 5. The maximum absolute atomic E-state index is 13.2. The lowest BCUT2D eigenvalue weighted by Crippen LogP contribution is -2.46. The minimum Gasteiger partial charge on any atom is -0.497 e. The van der Waals surface area contributed by atoms with Crippen LogP contribution in [0.2, 0.25) is 0 Å². The summed E-state index contributed by atoms with van der Waals surface area (Å²) in [4.78, 5) is 25.2. The molecule has 0 saturated carbocycles. The Labute approximate surface area is 163 Å². The van der Waals surface area contributed by atoms with E-state index in [-0.39, 0.29) is 11.9 Å². The average Bonchev–Trinajstić information content (AvgIpc) is 2.67. The van der Waals surface area contributed by atoms with Gasteiger partial charge >= 0.3 is 6.03 Å². The zero-order chi connectivity index (χ0) is 20.3. The first kappa shape index (κ1) is 19.3. The maximum Gasteiger partial charge on any atom is 0.319 e. The maximum atomic E-state index is 13.2. The number of methoxy groups -OCH3 is 2. The van der Waals surface area contributed by atoms with Crippen LogP contribution in [0.3, 0.4) is 0 Å². The van der Waals surface area contributed by atoms with Gasteiger partial charge in [0.25, 0.3) is 5.91 Å². The van der Waals surface area contributed by atoms with Crippen molar-refractivity contribution >= 4 is 17.6 Å². The van der Waals surface area contributed by atoms with E-state index in [2.05, 4.69) is 16.0 Å². The molecule has 7 heteroatoms. The number of aryl methyl sites for hydroxylation is 1. The molecule has 0 aliphatic carbocycles. The first-order valence-electron chi connectivity index (χ1n) is 8.81. The molecule has 1 unspecified atom stereocenters.